The molecule has 4 nitrogen and oxygen atoms in total. The van der Waals surface area contributed by atoms with Gasteiger partial charge >= 0.3 is 0 Å². The van der Waals surface area contributed by atoms with Gasteiger partial charge in [-0.05, 0) is 19.4 Å². The van der Waals surface area contributed by atoms with Crippen molar-refractivity contribution in [3.63, 3.8) is 0 Å². The molecule has 0 spiro atoms. The molecule has 2 heterocycles. The van der Waals surface area contributed by atoms with Crippen molar-refractivity contribution in [1.82, 2.24) is 14.7 Å². The van der Waals surface area contributed by atoms with Gasteiger partial charge in [0.1, 0.15) is 0 Å². The molecule has 0 saturated heterocycles. The molecule has 0 radical (unpaired) electrons. The van der Waals surface area contributed by atoms with Crippen molar-refractivity contribution < 1.29 is 5.11 Å². The van der Waals surface area contributed by atoms with Crippen molar-refractivity contribution >= 4 is 16.3 Å². The van der Waals surface area contributed by atoms with Crippen molar-refractivity contribution in [1.29, 1.82) is 0 Å². The van der Waals surface area contributed by atoms with Crippen LogP contribution in [0, 0.1) is 13.8 Å². The third-order valence-electron chi connectivity index (χ3n) is 3.73. The lowest BCUT2D eigenvalue weighted by Gasteiger charge is -2.17. The number of nitrogens with zero attached hydrogens (tertiary/aromatic N) is 2. The minimum absolute atomic E-state index is 0.0601. The first kappa shape index (κ1) is 14.3. The van der Waals surface area contributed by atoms with Gasteiger partial charge in [-0.15, -0.1) is 11.3 Å². The van der Waals surface area contributed by atoms with Crippen LogP contribution in [-0.2, 0) is 6.54 Å². The van der Waals surface area contributed by atoms with Crippen LogP contribution in [0.1, 0.15) is 28.7 Å². The second kappa shape index (κ2) is 5.97. The Morgan fingerprint density at radius 1 is 1.29 bits per heavy atom. The summed E-state index contributed by atoms with van der Waals surface area (Å²) < 4.78 is 2.19. The van der Waals surface area contributed by atoms with Crippen LogP contribution in [0.3, 0.4) is 0 Å². The first-order chi connectivity index (χ1) is 10.2. The van der Waals surface area contributed by atoms with Crippen molar-refractivity contribution in [2.24, 2.45) is 0 Å². The Morgan fingerprint density at radius 3 is 2.76 bits per heavy atom. The van der Waals surface area contributed by atoms with Gasteiger partial charge in [0.25, 0.3) is 0 Å². The molecule has 1 atom stereocenters. The second-order valence-electron chi connectivity index (χ2n) is 5.17. The number of aryl methyl sites for hydroxylation is 2. The number of aliphatic hydroxyl groups is 1. The van der Waals surface area contributed by atoms with E-state index in [1.165, 1.54) is 5.69 Å². The molecule has 0 amide bonds. The first-order valence-corrected chi connectivity index (χ1v) is 7.90. The molecule has 0 fully saturated rings. The molecule has 110 valence electrons. The molecule has 0 saturated carbocycles. The summed E-state index contributed by atoms with van der Waals surface area (Å²) in [6.07, 6.45) is 0. The summed E-state index contributed by atoms with van der Waals surface area (Å²) in [7, 11) is 0. The number of hydrogen-bond acceptors (Lipinski definition) is 4. The number of nitrogens with one attached hydrogen (secondary N) is 1. The van der Waals surface area contributed by atoms with Gasteiger partial charge in [-0.25, -0.2) is 4.98 Å². The summed E-state index contributed by atoms with van der Waals surface area (Å²) in [6.45, 7) is 4.89. The predicted molar refractivity (Wildman–Crippen MR) is 85.7 cm³/mol. The summed E-state index contributed by atoms with van der Waals surface area (Å²) in [6, 6.07) is 9.97. The molecule has 0 aliphatic carbocycles. The third-order valence-corrected chi connectivity index (χ3v) is 4.67. The zero-order valence-corrected chi connectivity index (χ0v) is 13.0. The lowest BCUT2D eigenvalue weighted by Crippen LogP contribution is -2.25. The van der Waals surface area contributed by atoms with Crippen LogP contribution >= 0.6 is 11.3 Å². The summed E-state index contributed by atoms with van der Waals surface area (Å²) in [5.74, 6) is 0. The quantitative estimate of drug-likeness (QED) is 0.762. The number of rotatable bonds is 5. The Balaban J connectivity index is 1.82. The largest absolute Gasteiger partial charge is 0.394 e. The lowest BCUT2D eigenvalue weighted by atomic mass is 10.1. The van der Waals surface area contributed by atoms with Crippen LogP contribution in [0.4, 0.5) is 0 Å². The molecule has 21 heavy (non-hydrogen) atoms. The normalized spacial score (nSPS) is 12.9. The van der Waals surface area contributed by atoms with Crippen LogP contribution in [0.25, 0.3) is 4.96 Å². The third kappa shape index (κ3) is 2.72. The number of imidazole rings is 1. The van der Waals surface area contributed by atoms with E-state index in [4.69, 9.17) is 0 Å². The Labute approximate surface area is 128 Å². The van der Waals surface area contributed by atoms with Crippen LogP contribution in [0.5, 0.6) is 0 Å². The molecule has 0 aliphatic rings. The average Bonchev–Trinajstić information content (AvgIpc) is 3.01. The van der Waals surface area contributed by atoms with Gasteiger partial charge in [0.05, 0.1) is 24.0 Å². The van der Waals surface area contributed by atoms with Crippen molar-refractivity contribution in [3.8, 4) is 0 Å². The first-order valence-electron chi connectivity index (χ1n) is 7.02. The van der Waals surface area contributed by atoms with Crippen LogP contribution in [0.2, 0.25) is 0 Å². The predicted octanol–water partition coefficient (Wildman–Crippen LogP) is 2.84. The maximum Gasteiger partial charge on any atom is 0.194 e. The Hall–Kier alpha value is -1.69. The minimum Gasteiger partial charge on any atom is -0.394 e. The molecule has 3 rings (SSSR count). The number of fused-ring (bicyclic) bond motifs is 1. The van der Waals surface area contributed by atoms with Crippen LogP contribution in [0.15, 0.2) is 35.7 Å². The van der Waals surface area contributed by atoms with Gasteiger partial charge in [0, 0.05) is 17.6 Å². The SMILES string of the molecule is Cc1nc2scc(C)n2c1CN[C@H](CO)c1ccccc1. The van der Waals surface area contributed by atoms with Crippen molar-refractivity contribution in [2.75, 3.05) is 6.61 Å². The lowest BCUT2D eigenvalue weighted by molar-refractivity contribution is 0.243. The number of hydrogen-bond donors (Lipinski definition) is 2. The summed E-state index contributed by atoms with van der Waals surface area (Å²) >= 11 is 1.66. The molecule has 1 aromatic carbocycles. The van der Waals surface area contributed by atoms with E-state index in [0.717, 1.165) is 21.9 Å². The standard InChI is InChI=1S/C16H19N3OS/c1-11-10-21-16-18-12(2)15(19(11)16)8-17-14(9-20)13-6-4-3-5-7-13/h3-7,10,14,17,20H,8-9H2,1-2H3/t14-/m1/s1. The maximum absolute atomic E-state index is 9.62. The second-order valence-corrected chi connectivity index (χ2v) is 6.00. The number of benzene rings is 1. The maximum atomic E-state index is 9.62. The molecule has 0 unspecified atom stereocenters. The van der Waals surface area contributed by atoms with Gasteiger partial charge in [-0.2, -0.15) is 0 Å². The topological polar surface area (TPSA) is 49.6 Å². The van der Waals surface area contributed by atoms with Crippen molar-refractivity contribution in [2.45, 2.75) is 26.4 Å². The van der Waals surface area contributed by atoms with Gasteiger partial charge in [-0.3, -0.25) is 4.40 Å². The number of thiazole rings is 1. The van der Waals surface area contributed by atoms with Gasteiger partial charge in [0.15, 0.2) is 4.96 Å². The van der Waals surface area contributed by atoms with E-state index in [-0.39, 0.29) is 12.6 Å². The molecular formula is C16H19N3OS. The molecule has 3 aromatic rings. The highest BCUT2D eigenvalue weighted by molar-refractivity contribution is 7.15. The van der Waals surface area contributed by atoms with Crippen molar-refractivity contribution in [3.05, 3.63) is 58.4 Å². The Bertz CT molecular complexity index is 733. The highest BCUT2D eigenvalue weighted by atomic mass is 32.1. The summed E-state index contributed by atoms with van der Waals surface area (Å²) in [5, 5.41) is 15.2. The van der Waals surface area contributed by atoms with Gasteiger partial charge < -0.3 is 10.4 Å². The van der Waals surface area contributed by atoms with E-state index in [1.54, 1.807) is 11.3 Å². The monoisotopic (exact) mass is 301 g/mol. The number of aliphatic hydroxyl groups excluding tert-OH is 1. The number of aromatic nitrogens is 2. The summed E-state index contributed by atoms with van der Waals surface area (Å²) in [4.78, 5) is 5.62. The fourth-order valence-electron chi connectivity index (χ4n) is 2.57. The zero-order valence-electron chi connectivity index (χ0n) is 12.2. The fraction of sp³-hybridized carbons (Fsp3) is 0.312. The van der Waals surface area contributed by atoms with E-state index in [2.05, 4.69) is 27.0 Å². The van der Waals surface area contributed by atoms with E-state index >= 15 is 0 Å². The fourth-order valence-corrected chi connectivity index (χ4v) is 3.50. The zero-order chi connectivity index (χ0) is 14.8. The van der Waals surface area contributed by atoms with E-state index in [9.17, 15) is 5.11 Å². The smallest absolute Gasteiger partial charge is 0.194 e. The van der Waals surface area contributed by atoms with Gasteiger partial charge in [-0.1, -0.05) is 30.3 Å². The Morgan fingerprint density at radius 2 is 2.05 bits per heavy atom. The average molecular weight is 301 g/mol. The van der Waals surface area contributed by atoms with Crippen LogP contribution < -0.4 is 5.32 Å². The molecule has 2 aromatic heterocycles. The molecule has 0 bridgehead atoms. The van der Waals surface area contributed by atoms with Crippen LogP contribution in [-0.4, -0.2) is 21.1 Å². The van der Waals surface area contributed by atoms with E-state index in [0.29, 0.717) is 6.54 Å². The highest BCUT2D eigenvalue weighted by Crippen LogP contribution is 2.21. The van der Waals surface area contributed by atoms with E-state index in [1.807, 2.05) is 37.3 Å². The molecule has 5 heteroatoms. The summed E-state index contributed by atoms with van der Waals surface area (Å²) in [5.41, 5.74) is 4.51. The van der Waals surface area contributed by atoms with Gasteiger partial charge in [0.2, 0.25) is 0 Å². The Kier molecular flexibility index (Phi) is 4.05. The highest BCUT2D eigenvalue weighted by Gasteiger charge is 2.15. The molecule has 2 N–H and O–H groups in total. The van der Waals surface area contributed by atoms with E-state index < -0.39 is 0 Å². The molecule has 0 aliphatic heterocycles. The molecular weight excluding hydrogens is 282 g/mol. The minimum atomic E-state index is -0.0601.